The van der Waals surface area contributed by atoms with E-state index in [1.807, 2.05) is 0 Å². The molecular weight excluding hydrogens is 240 g/mol. The van der Waals surface area contributed by atoms with Gasteiger partial charge in [-0.15, -0.1) is 0 Å². The van der Waals surface area contributed by atoms with Gasteiger partial charge >= 0.3 is 0 Å². The third kappa shape index (κ3) is 1.95. The van der Waals surface area contributed by atoms with Gasteiger partial charge in [0.2, 0.25) is 0 Å². The van der Waals surface area contributed by atoms with E-state index in [0.717, 1.165) is 11.7 Å². The standard InChI is InChI=1S/C12H15BrO/c1-8-7-10(5-6-11(8)14-2)12(13)9-3-4-9/h5-7,9,12H,3-4H2,1-2H3. The highest BCUT2D eigenvalue weighted by molar-refractivity contribution is 9.09. The van der Waals surface area contributed by atoms with Gasteiger partial charge in [-0.05, 0) is 42.9 Å². The monoisotopic (exact) mass is 254 g/mol. The lowest BCUT2D eigenvalue weighted by Gasteiger charge is -2.11. The third-order valence-electron chi connectivity index (χ3n) is 2.77. The maximum Gasteiger partial charge on any atom is 0.121 e. The van der Waals surface area contributed by atoms with Crippen LogP contribution in [-0.4, -0.2) is 7.11 Å². The van der Waals surface area contributed by atoms with Gasteiger partial charge in [-0.1, -0.05) is 28.1 Å². The summed E-state index contributed by atoms with van der Waals surface area (Å²) in [5.74, 6) is 1.83. The zero-order chi connectivity index (χ0) is 10.1. The summed E-state index contributed by atoms with van der Waals surface area (Å²) in [7, 11) is 1.72. The molecule has 1 saturated carbocycles. The van der Waals surface area contributed by atoms with E-state index < -0.39 is 0 Å². The van der Waals surface area contributed by atoms with E-state index in [2.05, 4.69) is 41.1 Å². The molecule has 0 radical (unpaired) electrons. The van der Waals surface area contributed by atoms with Crippen LogP contribution in [0.2, 0.25) is 0 Å². The topological polar surface area (TPSA) is 9.23 Å². The van der Waals surface area contributed by atoms with Crippen molar-refractivity contribution in [1.29, 1.82) is 0 Å². The number of hydrogen-bond donors (Lipinski definition) is 0. The second-order valence-corrected chi connectivity index (χ2v) is 4.95. The summed E-state index contributed by atoms with van der Waals surface area (Å²) in [6.45, 7) is 2.09. The predicted molar refractivity (Wildman–Crippen MR) is 62.1 cm³/mol. The van der Waals surface area contributed by atoms with Gasteiger partial charge < -0.3 is 4.74 Å². The molecule has 1 nitrogen and oxygen atoms in total. The molecule has 0 saturated heterocycles. The average molecular weight is 255 g/mol. The summed E-state index contributed by atoms with van der Waals surface area (Å²) in [5, 5.41) is 0. The molecule has 2 heteroatoms. The molecule has 0 spiro atoms. The lowest BCUT2D eigenvalue weighted by atomic mass is 10.1. The molecule has 1 aliphatic rings. The second kappa shape index (κ2) is 3.93. The van der Waals surface area contributed by atoms with Crippen molar-refractivity contribution in [2.24, 2.45) is 5.92 Å². The van der Waals surface area contributed by atoms with Crippen molar-refractivity contribution in [3.8, 4) is 5.75 Å². The summed E-state index contributed by atoms with van der Waals surface area (Å²) >= 11 is 3.75. The second-order valence-electron chi connectivity index (χ2n) is 3.97. The molecule has 0 heterocycles. The summed E-state index contributed by atoms with van der Waals surface area (Å²) < 4.78 is 5.24. The maximum absolute atomic E-state index is 5.24. The fraction of sp³-hybridized carbons (Fsp3) is 0.500. The van der Waals surface area contributed by atoms with Crippen molar-refractivity contribution in [3.63, 3.8) is 0 Å². The van der Waals surface area contributed by atoms with E-state index in [1.54, 1.807) is 7.11 Å². The van der Waals surface area contributed by atoms with Gasteiger partial charge in [0.25, 0.3) is 0 Å². The Kier molecular flexibility index (Phi) is 2.82. The highest BCUT2D eigenvalue weighted by Gasteiger charge is 2.30. The summed E-state index contributed by atoms with van der Waals surface area (Å²) in [6.07, 6.45) is 2.72. The molecule has 76 valence electrons. The van der Waals surface area contributed by atoms with E-state index in [4.69, 9.17) is 4.74 Å². The Labute approximate surface area is 93.6 Å². The van der Waals surface area contributed by atoms with Crippen LogP contribution in [0.25, 0.3) is 0 Å². The molecule has 0 aromatic heterocycles. The van der Waals surface area contributed by atoms with E-state index >= 15 is 0 Å². The highest BCUT2D eigenvalue weighted by Crippen LogP contribution is 2.46. The first-order chi connectivity index (χ1) is 6.72. The van der Waals surface area contributed by atoms with Crippen LogP contribution < -0.4 is 4.74 Å². The van der Waals surface area contributed by atoms with Gasteiger partial charge in [-0.2, -0.15) is 0 Å². The van der Waals surface area contributed by atoms with Gasteiger partial charge in [0.1, 0.15) is 5.75 Å². The van der Waals surface area contributed by atoms with Gasteiger partial charge in [-0.3, -0.25) is 0 Å². The van der Waals surface area contributed by atoms with Crippen LogP contribution in [0, 0.1) is 12.8 Å². The molecule has 1 fully saturated rings. The first-order valence-electron chi connectivity index (χ1n) is 5.01. The van der Waals surface area contributed by atoms with E-state index in [-0.39, 0.29) is 0 Å². The molecule has 0 bridgehead atoms. The van der Waals surface area contributed by atoms with Crippen LogP contribution in [0.1, 0.15) is 28.8 Å². The molecule has 14 heavy (non-hydrogen) atoms. The zero-order valence-electron chi connectivity index (χ0n) is 8.59. The summed E-state index contributed by atoms with van der Waals surface area (Å²) in [6, 6.07) is 6.43. The van der Waals surface area contributed by atoms with Crippen molar-refractivity contribution < 1.29 is 4.74 Å². The van der Waals surface area contributed by atoms with Crippen LogP contribution in [0.4, 0.5) is 0 Å². The maximum atomic E-state index is 5.24. The minimum Gasteiger partial charge on any atom is -0.496 e. The normalized spacial score (nSPS) is 17.9. The van der Waals surface area contributed by atoms with Crippen LogP contribution in [-0.2, 0) is 0 Å². The molecule has 1 atom stereocenters. The minimum absolute atomic E-state index is 0.534. The molecule has 0 aliphatic heterocycles. The molecule has 0 amide bonds. The number of halogens is 1. The van der Waals surface area contributed by atoms with Crippen molar-refractivity contribution >= 4 is 15.9 Å². The molecule has 1 aromatic carbocycles. The van der Waals surface area contributed by atoms with Crippen LogP contribution >= 0.6 is 15.9 Å². The lowest BCUT2D eigenvalue weighted by molar-refractivity contribution is 0.411. The summed E-state index contributed by atoms with van der Waals surface area (Å²) in [5.41, 5.74) is 2.60. The van der Waals surface area contributed by atoms with Gasteiger partial charge in [-0.25, -0.2) is 0 Å². The molecule has 0 N–H and O–H groups in total. The molecule has 1 unspecified atom stereocenters. The number of rotatable bonds is 3. The third-order valence-corrected chi connectivity index (χ3v) is 4.05. The SMILES string of the molecule is COc1ccc(C(Br)C2CC2)cc1C. The Morgan fingerprint density at radius 2 is 2.14 bits per heavy atom. The predicted octanol–water partition coefficient (Wildman–Crippen LogP) is 3.85. The minimum atomic E-state index is 0.534. The number of alkyl halides is 1. The lowest BCUT2D eigenvalue weighted by Crippen LogP contribution is -1.94. The van der Waals surface area contributed by atoms with Crippen molar-refractivity contribution in [1.82, 2.24) is 0 Å². The summed E-state index contributed by atoms with van der Waals surface area (Å²) in [4.78, 5) is 0.534. The highest BCUT2D eigenvalue weighted by atomic mass is 79.9. The molecule has 2 rings (SSSR count). The number of benzene rings is 1. The van der Waals surface area contributed by atoms with Gasteiger partial charge in [0.15, 0.2) is 0 Å². The first-order valence-corrected chi connectivity index (χ1v) is 5.92. The smallest absolute Gasteiger partial charge is 0.121 e. The Hall–Kier alpha value is -0.500. The van der Waals surface area contributed by atoms with Crippen molar-refractivity contribution in [2.75, 3.05) is 7.11 Å². The Balaban J connectivity index is 2.22. The molecule has 1 aliphatic carbocycles. The van der Waals surface area contributed by atoms with E-state index in [9.17, 15) is 0 Å². The fourth-order valence-corrected chi connectivity index (χ4v) is 2.55. The van der Waals surface area contributed by atoms with Gasteiger partial charge in [0.05, 0.1) is 7.11 Å². The molecule has 1 aromatic rings. The largest absolute Gasteiger partial charge is 0.496 e. The number of methoxy groups -OCH3 is 1. The Morgan fingerprint density at radius 3 is 2.64 bits per heavy atom. The number of hydrogen-bond acceptors (Lipinski definition) is 1. The van der Waals surface area contributed by atoms with Crippen LogP contribution in [0.5, 0.6) is 5.75 Å². The number of aryl methyl sites for hydroxylation is 1. The van der Waals surface area contributed by atoms with Crippen molar-refractivity contribution in [3.05, 3.63) is 29.3 Å². The van der Waals surface area contributed by atoms with Crippen LogP contribution in [0.15, 0.2) is 18.2 Å². The molecular formula is C12H15BrO. The number of ether oxygens (including phenoxy) is 1. The van der Waals surface area contributed by atoms with E-state index in [1.165, 1.54) is 24.0 Å². The fourth-order valence-electron chi connectivity index (χ4n) is 1.73. The quantitative estimate of drug-likeness (QED) is 0.745. The van der Waals surface area contributed by atoms with Crippen molar-refractivity contribution in [2.45, 2.75) is 24.6 Å². The Bertz CT molecular complexity index is 331. The Morgan fingerprint density at radius 1 is 1.43 bits per heavy atom. The van der Waals surface area contributed by atoms with Crippen LogP contribution in [0.3, 0.4) is 0 Å². The van der Waals surface area contributed by atoms with Gasteiger partial charge in [0, 0.05) is 4.83 Å². The zero-order valence-corrected chi connectivity index (χ0v) is 10.2. The first kappa shape index (κ1) is 10.0. The average Bonchev–Trinajstić information content (AvgIpc) is 3.00. The van der Waals surface area contributed by atoms with E-state index in [0.29, 0.717) is 4.83 Å².